The molecule has 1 atom stereocenters. The summed E-state index contributed by atoms with van der Waals surface area (Å²) in [4.78, 5) is 22.0. The summed E-state index contributed by atoms with van der Waals surface area (Å²) in [7, 11) is 0. The third kappa shape index (κ3) is 7.40. The summed E-state index contributed by atoms with van der Waals surface area (Å²) < 4.78 is 37.4. The number of hydrogen-bond donors (Lipinski definition) is 2. The predicted octanol–water partition coefficient (Wildman–Crippen LogP) is 3.13. The Kier molecular flexibility index (Phi) is 7.41. The van der Waals surface area contributed by atoms with E-state index < -0.39 is 17.7 Å². The number of benzene rings is 1. The highest BCUT2D eigenvalue weighted by atomic mass is 32.2. The highest BCUT2D eigenvalue weighted by Gasteiger charge is 2.30. The van der Waals surface area contributed by atoms with Crippen LogP contribution in [0.3, 0.4) is 0 Å². The first-order valence-electron chi connectivity index (χ1n) is 6.93. The molecule has 0 saturated heterocycles. The molecule has 8 heteroatoms. The van der Waals surface area contributed by atoms with Crippen LogP contribution in [0.5, 0.6) is 0 Å². The minimum atomic E-state index is -4.37. The molecule has 1 aromatic rings. The van der Waals surface area contributed by atoms with Gasteiger partial charge in [-0.1, -0.05) is 19.1 Å². The Morgan fingerprint density at radius 2 is 1.87 bits per heavy atom. The van der Waals surface area contributed by atoms with Crippen molar-refractivity contribution in [3.63, 3.8) is 0 Å². The molecule has 128 valence electrons. The third-order valence-electron chi connectivity index (χ3n) is 3.09. The van der Waals surface area contributed by atoms with E-state index in [1.54, 1.807) is 6.92 Å². The van der Waals surface area contributed by atoms with Crippen molar-refractivity contribution < 1.29 is 27.9 Å². The number of carboxylic acids is 1. The van der Waals surface area contributed by atoms with Crippen molar-refractivity contribution in [2.75, 3.05) is 18.1 Å². The third-order valence-corrected chi connectivity index (χ3v) is 4.04. The van der Waals surface area contributed by atoms with E-state index in [4.69, 9.17) is 5.11 Å². The Bertz CT molecular complexity index is 532. The fraction of sp³-hybridized carbons (Fsp3) is 0.467. The first-order valence-corrected chi connectivity index (χ1v) is 8.09. The molecule has 1 amide bonds. The van der Waals surface area contributed by atoms with Gasteiger partial charge < -0.3 is 10.4 Å². The number of hydrogen-bond acceptors (Lipinski definition) is 3. The summed E-state index contributed by atoms with van der Waals surface area (Å²) in [6, 6.07) is 4.77. The van der Waals surface area contributed by atoms with Gasteiger partial charge in [-0.3, -0.25) is 9.59 Å². The van der Waals surface area contributed by atoms with Crippen molar-refractivity contribution in [1.82, 2.24) is 5.32 Å². The van der Waals surface area contributed by atoms with Gasteiger partial charge in [0.25, 0.3) is 0 Å². The average molecular weight is 349 g/mol. The number of nitrogens with one attached hydrogen (secondary N) is 1. The van der Waals surface area contributed by atoms with E-state index in [0.717, 1.165) is 12.1 Å². The van der Waals surface area contributed by atoms with E-state index in [2.05, 4.69) is 5.32 Å². The lowest BCUT2D eigenvalue weighted by molar-refractivity contribution is -0.137. The number of carboxylic acid groups (broad SMARTS) is 1. The molecule has 0 fully saturated rings. The Labute approximate surface area is 136 Å². The lowest BCUT2D eigenvalue weighted by atomic mass is 9.96. The molecule has 0 spiro atoms. The van der Waals surface area contributed by atoms with Crippen LogP contribution in [0.15, 0.2) is 24.3 Å². The van der Waals surface area contributed by atoms with Crippen molar-refractivity contribution in [3.8, 4) is 0 Å². The van der Waals surface area contributed by atoms with Crippen LogP contribution in [0.4, 0.5) is 13.2 Å². The number of aliphatic carboxylic acids is 1. The smallest absolute Gasteiger partial charge is 0.416 e. The van der Waals surface area contributed by atoms with Gasteiger partial charge >= 0.3 is 12.1 Å². The molecule has 1 unspecified atom stereocenters. The number of halogens is 3. The summed E-state index contributed by atoms with van der Waals surface area (Å²) in [6.07, 6.45) is -4.21. The fourth-order valence-corrected chi connectivity index (χ4v) is 2.46. The van der Waals surface area contributed by atoms with Gasteiger partial charge in [-0.2, -0.15) is 13.2 Å². The monoisotopic (exact) mass is 349 g/mol. The van der Waals surface area contributed by atoms with Crippen LogP contribution in [0, 0.1) is 0 Å². The maximum Gasteiger partial charge on any atom is 0.416 e. The number of carbonyl (C=O) groups excluding carboxylic acids is 1. The molecule has 0 heterocycles. The number of carbonyl (C=O) groups is 2. The largest absolute Gasteiger partial charge is 0.481 e. The summed E-state index contributed by atoms with van der Waals surface area (Å²) in [5, 5.41) is 11.1. The summed E-state index contributed by atoms with van der Waals surface area (Å²) in [5.41, 5.74) is -0.0539. The molecule has 4 nitrogen and oxygen atoms in total. The Morgan fingerprint density at radius 3 is 2.39 bits per heavy atom. The molecule has 0 bridgehead atoms. The van der Waals surface area contributed by atoms with Gasteiger partial charge in [-0.25, -0.2) is 0 Å². The van der Waals surface area contributed by atoms with E-state index in [1.807, 2.05) is 0 Å². The van der Waals surface area contributed by atoms with Crippen LogP contribution in [-0.2, 0) is 15.8 Å². The molecule has 0 aliphatic carbocycles. The fourth-order valence-electron chi connectivity index (χ4n) is 1.89. The highest BCUT2D eigenvalue weighted by molar-refractivity contribution is 7.99. The van der Waals surface area contributed by atoms with Gasteiger partial charge in [0.2, 0.25) is 5.91 Å². The van der Waals surface area contributed by atoms with Crippen LogP contribution in [0.2, 0.25) is 0 Å². The molecule has 1 aromatic carbocycles. The van der Waals surface area contributed by atoms with Gasteiger partial charge in [0.05, 0.1) is 11.3 Å². The SMILES string of the molecule is CC(CC(=O)NCCSCC(=O)O)c1ccc(C(F)(F)F)cc1. The zero-order valence-corrected chi connectivity index (χ0v) is 13.3. The van der Waals surface area contributed by atoms with Gasteiger partial charge in [0, 0.05) is 18.7 Å². The Hall–Kier alpha value is -1.70. The maximum atomic E-state index is 12.5. The van der Waals surface area contributed by atoms with Gasteiger partial charge in [-0.15, -0.1) is 11.8 Å². The van der Waals surface area contributed by atoms with E-state index in [1.165, 1.54) is 23.9 Å². The minimum Gasteiger partial charge on any atom is -0.481 e. The van der Waals surface area contributed by atoms with Crippen LogP contribution in [0.25, 0.3) is 0 Å². The normalized spacial score (nSPS) is 12.7. The van der Waals surface area contributed by atoms with E-state index in [-0.39, 0.29) is 24.0 Å². The quantitative estimate of drug-likeness (QED) is 0.708. The standard InChI is InChI=1S/C15H18F3NO3S/c1-10(8-13(20)19-6-7-23-9-14(21)22)11-2-4-12(5-3-11)15(16,17)18/h2-5,10H,6-9H2,1H3,(H,19,20)(H,21,22). The summed E-state index contributed by atoms with van der Waals surface area (Å²) >= 11 is 1.20. The molecule has 2 N–H and O–H groups in total. The highest BCUT2D eigenvalue weighted by Crippen LogP contribution is 2.30. The lowest BCUT2D eigenvalue weighted by Crippen LogP contribution is -2.27. The molecule has 23 heavy (non-hydrogen) atoms. The lowest BCUT2D eigenvalue weighted by Gasteiger charge is -2.13. The number of thioether (sulfide) groups is 1. The molecule has 0 saturated carbocycles. The minimum absolute atomic E-state index is 0.0160. The molecule has 1 rings (SSSR count). The van der Waals surface area contributed by atoms with Crippen molar-refractivity contribution in [1.29, 1.82) is 0 Å². The van der Waals surface area contributed by atoms with Crippen LogP contribution >= 0.6 is 11.8 Å². The number of alkyl halides is 3. The van der Waals surface area contributed by atoms with Crippen molar-refractivity contribution >= 4 is 23.6 Å². The van der Waals surface area contributed by atoms with Crippen LogP contribution in [0.1, 0.15) is 30.4 Å². The van der Waals surface area contributed by atoms with E-state index in [9.17, 15) is 22.8 Å². The first kappa shape index (κ1) is 19.3. The second-order valence-corrected chi connectivity index (χ2v) is 6.13. The Balaban J connectivity index is 2.39. The Morgan fingerprint density at radius 1 is 1.26 bits per heavy atom. The van der Waals surface area contributed by atoms with Gasteiger partial charge in [0.15, 0.2) is 0 Å². The van der Waals surface area contributed by atoms with Crippen molar-refractivity contribution in [2.24, 2.45) is 0 Å². The van der Waals surface area contributed by atoms with Gasteiger partial charge in [0.1, 0.15) is 0 Å². The van der Waals surface area contributed by atoms with Crippen LogP contribution < -0.4 is 5.32 Å². The molecule has 0 aromatic heterocycles. The number of rotatable bonds is 8. The molecule has 0 aliphatic heterocycles. The maximum absolute atomic E-state index is 12.5. The molecular weight excluding hydrogens is 331 g/mol. The number of amides is 1. The zero-order chi connectivity index (χ0) is 17.5. The van der Waals surface area contributed by atoms with Crippen molar-refractivity contribution in [3.05, 3.63) is 35.4 Å². The zero-order valence-electron chi connectivity index (χ0n) is 12.5. The van der Waals surface area contributed by atoms with Crippen molar-refractivity contribution in [2.45, 2.75) is 25.4 Å². The molecule has 0 aliphatic rings. The predicted molar refractivity (Wildman–Crippen MR) is 82.4 cm³/mol. The second-order valence-electron chi connectivity index (χ2n) is 5.02. The molecule has 0 radical (unpaired) electrons. The summed E-state index contributed by atoms with van der Waals surface area (Å²) in [6.45, 7) is 2.12. The van der Waals surface area contributed by atoms with Crippen LogP contribution in [-0.4, -0.2) is 35.0 Å². The first-order chi connectivity index (χ1) is 10.7. The van der Waals surface area contributed by atoms with Gasteiger partial charge in [-0.05, 0) is 23.6 Å². The average Bonchev–Trinajstić information content (AvgIpc) is 2.45. The van der Waals surface area contributed by atoms with E-state index >= 15 is 0 Å². The topological polar surface area (TPSA) is 66.4 Å². The molecular formula is C15H18F3NO3S. The summed E-state index contributed by atoms with van der Waals surface area (Å²) in [5.74, 6) is -0.848. The second kappa shape index (κ2) is 8.81. The van der Waals surface area contributed by atoms with E-state index in [0.29, 0.717) is 17.9 Å².